The summed E-state index contributed by atoms with van der Waals surface area (Å²) >= 11 is 6.34. The van der Waals surface area contributed by atoms with Crippen LogP contribution in [0.4, 0.5) is 0 Å². The minimum atomic E-state index is -0.0979. The Bertz CT molecular complexity index is 198. The summed E-state index contributed by atoms with van der Waals surface area (Å²) < 4.78 is 5.84. The molecule has 0 atom stereocenters. The molecule has 97 valence electrons. The van der Waals surface area contributed by atoms with Gasteiger partial charge in [-0.05, 0) is 37.5 Å². The van der Waals surface area contributed by atoms with E-state index >= 15 is 0 Å². The summed E-state index contributed by atoms with van der Waals surface area (Å²) in [5, 5.41) is 0. The van der Waals surface area contributed by atoms with Crippen molar-refractivity contribution in [2.75, 3.05) is 5.88 Å². The molecule has 0 bridgehead atoms. The minimum absolute atomic E-state index is 0.0979. The molecule has 0 aromatic heterocycles. The van der Waals surface area contributed by atoms with E-state index in [-0.39, 0.29) is 5.60 Å². The summed E-state index contributed by atoms with van der Waals surface area (Å²) in [5.41, 5.74) is -0.0979. The summed E-state index contributed by atoms with van der Waals surface area (Å²) in [6.45, 7) is 0. The maximum atomic E-state index is 6.34. The third kappa shape index (κ3) is 2.90. The number of rotatable bonds is 4. The van der Waals surface area contributed by atoms with E-state index in [0.717, 1.165) is 0 Å². The topological polar surface area (TPSA) is 9.23 Å². The highest BCUT2D eigenvalue weighted by Crippen LogP contribution is 2.45. The maximum absolute atomic E-state index is 6.34. The second-order valence-electron chi connectivity index (χ2n) is 5.86. The van der Waals surface area contributed by atoms with E-state index in [0.29, 0.717) is 17.7 Å². The zero-order valence-corrected chi connectivity index (χ0v) is 12.5. The molecule has 3 radical (unpaired) electrons. The number of halogens is 1. The van der Waals surface area contributed by atoms with Gasteiger partial charge in [0.2, 0.25) is 10.5 Å². The van der Waals surface area contributed by atoms with Crippen molar-refractivity contribution in [3.63, 3.8) is 0 Å². The van der Waals surface area contributed by atoms with E-state index in [1.54, 1.807) is 0 Å². The van der Waals surface area contributed by atoms with Gasteiger partial charge in [0, 0.05) is 0 Å². The van der Waals surface area contributed by atoms with Gasteiger partial charge in [0.1, 0.15) is 0 Å². The van der Waals surface area contributed by atoms with Crippen molar-refractivity contribution in [1.29, 1.82) is 0 Å². The van der Waals surface area contributed by atoms with Crippen LogP contribution in [0.15, 0.2) is 0 Å². The third-order valence-corrected chi connectivity index (χ3v) is 5.79. The van der Waals surface area contributed by atoms with Crippen LogP contribution in [0.1, 0.15) is 64.2 Å². The Hall–Kier alpha value is 0.467. The molecule has 0 N–H and O–H groups in total. The highest BCUT2D eigenvalue weighted by atomic mass is 35.5. The van der Waals surface area contributed by atoms with Crippen LogP contribution in [-0.2, 0) is 4.43 Å². The van der Waals surface area contributed by atoms with Gasteiger partial charge in [0.15, 0.2) is 0 Å². The zero-order valence-electron chi connectivity index (χ0n) is 10.7. The summed E-state index contributed by atoms with van der Waals surface area (Å²) in [6.07, 6.45) is 13.4. The first kappa shape index (κ1) is 13.9. The Morgan fingerprint density at radius 2 is 1.29 bits per heavy atom. The van der Waals surface area contributed by atoms with Crippen LogP contribution in [0.2, 0.25) is 0 Å². The lowest BCUT2D eigenvalue weighted by molar-refractivity contribution is -0.0465. The molecule has 0 spiro atoms. The molecular formula is C14H24ClOSi. The zero-order chi connectivity index (χ0) is 12.1. The average molecular weight is 272 g/mol. The second kappa shape index (κ2) is 6.58. The normalized spacial score (nSPS) is 25.1. The molecule has 0 aliphatic heterocycles. The Kier molecular flexibility index (Phi) is 5.38. The van der Waals surface area contributed by atoms with E-state index < -0.39 is 0 Å². The minimum Gasteiger partial charge on any atom is -0.411 e. The van der Waals surface area contributed by atoms with Crippen molar-refractivity contribution >= 4 is 22.1 Å². The first-order valence-corrected chi connectivity index (χ1v) is 8.18. The lowest BCUT2D eigenvalue weighted by atomic mass is 9.67. The summed E-state index contributed by atoms with van der Waals surface area (Å²) in [5.74, 6) is 1.97. The van der Waals surface area contributed by atoms with Gasteiger partial charge in [-0.15, -0.1) is 11.6 Å². The van der Waals surface area contributed by atoms with Crippen molar-refractivity contribution in [3.05, 3.63) is 0 Å². The molecule has 0 saturated heterocycles. The van der Waals surface area contributed by atoms with E-state index in [1.165, 1.54) is 64.2 Å². The molecule has 2 rings (SSSR count). The Morgan fingerprint density at radius 1 is 0.882 bits per heavy atom. The van der Waals surface area contributed by atoms with Gasteiger partial charge in [-0.25, -0.2) is 0 Å². The van der Waals surface area contributed by atoms with Crippen LogP contribution in [0.3, 0.4) is 0 Å². The van der Waals surface area contributed by atoms with Crippen LogP contribution in [0.5, 0.6) is 0 Å². The first-order valence-electron chi connectivity index (χ1n) is 7.24. The quantitative estimate of drug-likeness (QED) is 0.549. The average Bonchev–Trinajstić information content (AvgIpc) is 2.43. The van der Waals surface area contributed by atoms with E-state index in [9.17, 15) is 0 Å². The summed E-state index contributed by atoms with van der Waals surface area (Å²) in [7, 11) is 3.37. The van der Waals surface area contributed by atoms with Gasteiger partial charge >= 0.3 is 0 Å². The molecule has 0 aromatic carbocycles. The predicted molar refractivity (Wildman–Crippen MR) is 73.4 cm³/mol. The predicted octanol–water partition coefficient (Wildman–Crippen LogP) is 4.22. The van der Waals surface area contributed by atoms with Crippen molar-refractivity contribution in [1.82, 2.24) is 0 Å². The fourth-order valence-electron chi connectivity index (χ4n) is 3.93. The van der Waals surface area contributed by atoms with E-state index in [2.05, 4.69) is 10.5 Å². The number of alkyl halides is 1. The van der Waals surface area contributed by atoms with Gasteiger partial charge < -0.3 is 4.43 Å². The Morgan fingerprint density at radius 3 is 1.59 bits per heavy atom. The number of hydrogen-bond donors (Lipinski definition) is 0. The maximum Gasteiger partial charge on any atom is 0.247 e. The molecule has 0 unspecified atom stereocenters. The van der Waals surface area contributed by atoms with Crippen molar-refractivity contribution < 1.29 is 4.43 Å². The molecular weight excluding hydrogens is 248 g/mol. The molecule has 0 amide bonds. The smallest absolute Gasteiger partial charge is 0.247 e. The summed E-state index contributed by atoms with van der Waals surface area (Å²) in [4.78, 5) is 0. The van der Waals surface area contributed by atoms with Crippen molar-refractivity contribution in [2.24, 2.45) is 11.8 Å². The van der Waals surface area contributed by atoms with Crippen LogP contribution < -0.4 is 0 Å². The highest BCUT2D eigenvalue weighted by molar-refractivity contribution is 6.18. The monoisotopic (exact) mass is 271 g/mol. The number of hydrogen-bond acceptors (Lipinski definition) is 1. The molecule has 3 heteroatoms. The first-order chi connectivity index (χ1) is 8.33. The molecule has 0 heterocycles. The van der Waals surface area contributed by atoms with Crippen molar-refractivity contribution in [2.45, 2.75) is 69.8 Å². The molecule has 0 aromatic rings. The molecule has 1 nitrogen and oxygen atoms in total. The Balaban J connectivity index is 2.10. The van der Waals surface area contributed by atoms with E-state index in [4.69, 9.17) is 16.0 Å². The lowest BCUT2D eigenvalue weighted by Gasteiger charge is -2.47. The lowest BCUT2D eigenvalue weighted by Crippen LogP contribution is -2.50. The molecule has 2 saturated carbocycles. The largest absolute Gasteiger partial charge is 0.411 e. The third-order valence-electron chi connectivity index (χ3n) is 4.99. The SMILES string of the molecule is [Si]OC(CCl)(C1CCCCC1)C1CCCCC1. The fraction of sp³-hybridized carbons (Fsp3) is 1.00. The molecule has 2 fully saturated rings. The van der Waals surface area contributed by atoms with Crippen molar-refractivity contribution in [3.8, 4) is 0 Å². The van der Waals surface area contributed by atoms with Crippen LogP contribution in [0.25, 0.3) is 0 Å². The van der Waals surface area contributed by atoms with Crippen LogP contribution in [0, 0.1) is 11.8 Å². The fourth-order valence-corrected chi connectivity index (χ4v) is 4.92. The van der Waals surface area contributed by atoms with Gasteiger partial charge in [-0.3, -0.25) is 0 Å². The Labute approximate surface area is 114 Å². The molecule has 2 aliphatic carbocycles. The summed E-state index contributed by atoms with van der Waals surface area (Å²) in [6, 6.07) is 0. The molecule has 17 heavy (non-hydrogen) atoms. The standard InChI is InChI=1S/C14H24ClOSi/c15-11-14(16-17,12-7-3-1-4-8-12)13-9-5-2-6-10-13/h12-13H,1-11H2. The molecule has 2 aliphatic rings. The highest BCUT2D eigenvalue weighted by Gasteiger charge is 2.44. The van der Waals surface area contributed by atoms with Gasteiger partial charge in [0.25, 0.3) is 0 Å². The van der Waals surface area contributed by atoms with Gasteiger partial charge in [-0.1, -0.05) is 38.5 Å². The van der Waals surface area contributed by atoms with Crippen LogP contribution in [-0.4, -0.2) is 22.0 Å². The van der Waals surface area contributed by atoms with Crippen LogP contribution >= 0.6 is 11.6 Å². The van der Waals surface area contributed by atoms with E-state index in [1.807, 2.05) is 0 Å². The van der Waals surface area contributed by atoms with Gasteiger partial charge in [-0.2, -0.15) is 0 Å². The second-order valence-corrected chi connectivity index (χ2v) is 6.33. The van der Waals surface area contributed by atoms with Gasteiger partial charge in [0.05, 0.1) is 11.5 Å².